The smallest absolute Gasteiger partial charge is 0.321 e. The van der Waals surface area contributed by atoms with E-state index in [1.165, 1.54) is 0 Å². The van der Waals surface area contributed by atoms with Crippen LogP contribution in [0.15, 0.2) is 48.5 Å². The van der Waals surface area contributed by atoms with E-state index in [-0.39, 0.29) is 12.1 Å². The number of hydrogen-bond acceptors (Lipinski definition) is 2. The fraction of sp³-hybridized carbons (Fsp3) is 0.278. The zero-order valence-electron chi connectivity index (χ0n) is 13.5. The molecule has 122 valence electrons. The lowest BCUT2D eigenvalue weighted by molar-refractivity contribution is 0.219. The van der Waals surface area contributed by atoms with Crippen LogP contribution < -0.4 is 10.1 Å². The Hall–Kier alpha value is -2.20. The monoisotopic (exact) mass is 332 g/mol. The van der Waals surface area contributed by atoms with Crippen LogP contribution in [0.3, 0.4) is 0 Å². The number of carbonyl (C=O) groups excluding carboxylic acids is 1. The maximum Gasteiger partial charge on any atom is 0.321 e. The summed E-state index contributed by atoms with van der Waals surface area (Å²) >= 11 is 6.14. The number of benzene rings is 2. The predicted octanol–water partition coefficient (Wildman–Crippen LogP) is 4.79. The van der Waals surface area contributed by atoms with Crippen molar-refractivity contribution in [1.82, 2.24) is 4.90 Å². The summed E-state index contributed by atoms with van der Waals surface area (Å²) in [6, 6.07) is 14.7. The van der Waals surface area contributed by atoms with Gasteiger partial charge in [0, 0.05) is 18.6 Å². The largest absolute Gasteiger partial charge is 0.489 e. The molecule has 0 aliphatic rings. The zero-order chi connectivity index (χ0) is 16.8. The molecule has 2 rings (SSSR count). The quantitative estimate of drug-likeness (QED) is 0.855. The average molecular weight is 333 g/mol. The third-order valence-corrected chi connectivity index (χ3v) is 3.57. The van der Waals surface area contributed by atoms with Crippen LogP contribution in [0.2, 0.25) is 5.02 Å². The van der Waals surface area contributed by atoms with E-state index in [1.54, 1.807) is 11.9 Å². The van der Waals surface area contributed by atoms with Crippen molar-refractivity contribution in [3.63, 3.8) is 0 Å². The van der Waals surface area contributed by atoms with Gasteiger partial charge in [-0.2, -0.15) is 0 Å². The van der Waals surface area contributed by atoms with Gasteiger partial charge in [-0.15, -0.1) is 0 Å². The fourth-order valence-electron chi connectivity index (χ4n) is 2.09. The summed E-state index contributed by atoms with van der Waals surface area (Å²) in [6.45, 7) is 4.32. The van der Waals surface area contributed by atoms with E-state index in [0.29, 0.717) is 23.0 Å². The molecule has 0 unspecified atom stereocenters. The molecular weight excluding hydrogens is 312 g/mol. The molecule has 0 fully saturated rings. The number of ether oxygens (including phenoxy) is 1. The van der Waals surface area contributed by atoms with Gasteiger partial charge in [0.1, 0.15) is 5.75 Å². The maximum absolute atomic E-state index is 12.4. The zero-order valence-corrected chi connectivity index (χ0v) is 14.3. The van der Waals surface area contributed by atoms with Gasteiger partial charge in [-0.1, -0.05) is 41.9 Å². The van der Waals surface area contributed by atoms with E-state index in [4.69, 9.17) is 16.3 Å². The minimum absolute atomic E-state index is 0.0360. The molecule has 23 heavy (non-hydrogen) atoms. The van der Waals surface area contributed by atoms with Crippen LogP contribution in [0, 0.1) is 0 Å². The van der Waals surface area contributed by atoms with E-state index >= 15 is 0 Å². The second-order valence-electron chi connectivity index (χ2n) is 5.54. The number of carbonyl (C=O) groups is 1. The van der Waals surface area contributed by atoms with Crippen LogP contribution in [-0.2, 0) is 6.54 Å². The van der Waals surface area contributed by atoms with Crippen LogP contribution in [0.5, 0.6) is 5.75 Å². The van der Waals surface area contributed by atoms with Crippen LogP contribution in [-0.4, -0.2) is 24.1 Å². The normalized spacial score (nSPS) is 10.5. The summed E-state index contributed by atoms with van der Waals surface area (Å²) in [4.78, 5) is 14.0. The van der Waals surface area contributed by atoms with Gasteiger partial charge in [-0.05, 0) is 37.6 Å². The summed E-state index contributed by atoms with van der Waals surface area (Å²) in [6.07, 6.45) is 0.0360. The lowest BCUT2D eigenvalue weighted by atomic mass is 10.2. The van der Waals surface area contributed by atoms with E-state index in [1.807, 2.05) is 62.4 Å². The molecule has 1 N–H and O–H groups in total. The van der Waals surface area contributed by atoms with E-state index < -0.39 is 0 Å². The number of para-hydroxylation sites is 2. The predicted molar refractivity (Wildman–Crippen MR) is 94.1 cm³/mol. The summed E-state index contributed by atoms with van der Waals surface area (Å²) in [5.74, 6) is 0.655. The number of urea groups is 1. The molecule has 2 amide bonds. The van der Waals surface area contributed by atoms with Crippen molar-refractivity contribution in [3.8, 4) is 5.75 Å². The molecule has 4 nitrogen and oxygen atoms in total. The number of nitrogens with zero attached hydrogens (tertiary/aromatic N) is 1. The van der Waals surface area contributed by atoms with Crippen molar-refractivity contribution >= 4 is 23.3 Å². The molecule has 0 aliphatic carbocycles. The van der Waals surface area contributed by atoms with E-state index in [2.05, 4.69) is 5.32 Å². The lowest BCUT2D eigenvalue weighted by Crippen LogP contribution is -2.31. The van der Waals surface area contributed by atoms with Crippen molar-refractivity contribution in [1.29, 1.82) is 0 Å². The first-order chi connectivity index (χ1) is 11.0. The molecule has 0 heterocycles. The molecule has 0 spiro atoms. The lowest BCUT2D eigenvalue weighted by Gasteiger charge is -2.20. The fourth-order valence-corrected chi connectivity index (χ4v) is 2.29. The van der Waals surface area contributed by atoms with Crippen molar-refractivity contribution in [2.75, 3.05) is 12.4 Å². The molecule has 2 aromatic rings. The van der Waals surface area contributed by atoms with Gasteiger partial charge in [-0.25, -0.2) is 4.79 Å². The molecule has 0 aliphatic heterocycles. The molecule has 0 bridgehead atoms. The number of anilines is 1. The molecule has 0 radical (unpaired) electrons. The molecule has 0 saturated heterocycles. The summed E-state index contributed by atoms with van der Waals surface area (Å²) in [7, 11) is 1.73. The Morgan fingerprint density at radius 2 is 1.83 bits per heavy atom. The Kier molecular flexibility index (Phi) is 5.88. The highest BCUT2D eigenvalue weighted by Gasteiger charge is 2.13. The number of amides is 2. The Morgan fingerprint density at radius 3 is 2.52 bits per heavy atom. The first-order valence-corrected chi connectivity index (χ1v) is 7.86. The minimum Gasteiger partial charge on any atom is -0.489 e. The Labute approximate surface area is 142 Å². The Morgan fingerprint density at radius 1 is 1.17 bits per heavy atom. The van der Waals surface area contributed by atoms with Gasteiger partial charge in [0.05, 0.1) is 11.8 Å². The summed E-state index contributed by atoms with van der Waals surface area (Å²) in [5, 5.41) is 3.52. The minimum atomic E-state index is -0.218. The Balaban J connectivity index is 2.05. The molecule has 0 atom stereocenters. The third-order valence-electron chi connectivity index (χ3n) is 3.20. The van der Waals surface area contributed by atoms with E-state index in [0.717, 1.165) is 5.56 Å². The molecule has 0 aromatic heterocycles. The van der Waals surface area contributed by atoms with Crippen LogP contribution in [0.4, 0.5) is 10.5 Å². The van der Waals surface area contributed by atoms with Gasteiger partial charge in [0.2, 0.25) is 0 Å². The van der Waals surface area contributed by atoms with Crippen LogP contribution in [0.1, 0.15) is 19.4 Å². The molecule has 0 saturated carbocycles. The van der Waals surface area contributed by atoms with Gasteiger partial charge in [0.15, 0.2) is 0 Å². The summed E-state index contributed by atoms with van der Waals surface area (Å²) < 4.78 is 5.71. The van der Waals surface area contributed by atoms with Crippen LogP contribution >= 0.6 is 11.6 Å². The molecule has 2 aromatic carbocycles. The summed E-state index contributed by atoms with van der Waals surface area (Å²) in [5.41, 5.74) is 1.55. The maximum atomic E-state index is 12.4. The van der Waals surface area contributed by atoms with Crippen molar-refractivity contribution < 1.29 is 9.53 Å². The van der Waals surface area contributed by atoms with Gasteiger partial charge >= 0.3 is 6.03 Å². The van der Waals surface area contributed by atoms with Gasteiger partial charge in [-0.3, -0.25) is 0 Å². The molecule has 5 heteroatoms. The first kappa shape index (κ1) is 17.2. The SMILES string of the molecule is CC(C)Oc1ccccc1NC(=O)N(C)Cc1ccccc1Cl. The van der Waals surface area contributed by atoms with Crippen LogP contribution in [0.25, 0.3) is 0 Å². The topological polar surface area (TPSA) is 41.6 Å². The van der Waals surface area contributed by atoms with Crippen molar-refractivity contribution in [2.24, 2.45) is 0 Å². The highest BCUT2D eigenvalue weighted by atomic mass is 35.5. The number of rotatable bonds is 5. The molecular formula is C18H21ClN2O2. The number of hydrogen-bond donors (Lipinski definition) is 1. The Bertz CT molecular complexity index is 674. The van der Waals surface area contributed by atoms with Gasteiger partial charge in [0.25, 0.3) is 0 Å². The number of nitrogens with one attached hydrogen (secondary N) is 1. The van der Waals surface area contributed by atoms with Crippen molar-refractivity contribution in [2.45, 2.75) is 26.5 Å². The average Bonchev–Trinajstić information content (AvgIpc) is 2.51. The second kappa shape index (κ2) is 7.88. The second-order valence-corrected chi connectivity index (χ2v) is 5.95. The standard InChI is InChI=1S/C18H21ClN2O2/c1-13(2)23-17-11-7-6-10-16(17)20-18(22)21(3)12-14-8-4-5-9-15(14)19/h4-11,13H,12H2,1-3H3,(H,20,22). The van der Waals surface area contributed by atoms with Gasteiger partial charge < -0.3 is 15.0 Å². The number of halogens is 1. The van der Waals surface area contributed by atoms with E-state index in [9.17, 15) is 4.79 Å². The highest BCUT2D eigenvalue weighted by molar-refractivity contribution is 6.31. The highest BCUT2D eigenvalue weighted by Crippen LogP contribution is 2.25. The van der Waals surface area contributed by atoms with Crippen molar-refractivity contribution in [3.05, 3.63) is 59.1 Å². The third kappa shape index (κ3) is 4.89. The first-order valence-electron chi connectivity index (χ1n) is 7.48.